The Morgan fingerprint density at radius 3 is 2.95 bits per heavy atom. The van der Waals surface area contributed by atoms with Crippen molar-refractivity contribution in [1.29, 1.82) is 0 Å². The molecule has 1 saturated heterocycles. The fourth-order valence-electron chi connectivity index (χ4n) is 2.92. The van der Waals surface area contributed by atoms with Gasteiger partial charge in [0.05, 0.1) is 21.6 Å². The van der Waals surface area contributed by atoms with Gasteiger partial charge in [-0.15, -0.1) is 11.3 Å². The minimum atomic E-state index is 0.395. The quantitative estimate of drug-likeness (QED) is 0.849. The maximum atomic E-state index is 6.21. The number of aromatic nitrogens is 1. The third kappa shape index (κ3) is 2.88. The summed E-state index contributed by atoms with van der Waals surface area (Å²) >= 11 is 1.63. The zero-order valence-electron chi connectivity index (χ0n) is 11.9. The molecular weight excluding hydrogens is 268 g/mol. The Morgan fingerprint density at radius 2 is 2.15 bits per heavy atom. The molecule has 1 aromatic heterocycles. The van der Waals surface area contributed by atoms with Gasteiger partial charge in [0.15, 0.2) is 0 Å². The van der Waals surface area contributed by atoms with E-state index in [1.165, 1.54) is 32.4 Å². The van der Waals surface area contributed by atoms with Crippen LogP contribution < -0.4 is 11.1 Å². The van der Waals surface area contributed by atoms with Crippen molar-refractivity contribution < 1.29 is 0 Å². The smallest absolute Gasteiger partial charge is 0.106 e. The lowest BCUT2D eigenvalue weighted by Gasteiger charge is -2.30. The second-order valence-corrected chi connectivity index (χ2v) is 6.52. The van der Waals surface area contributed by atoms with Crippen molar-refractivity contribution in [2.45, 2.75) is 32.2 Å². The van der Waals surface area contributed by atoms with Crippen molar-refractivity contribution in [1.82, 2.24) is 9.88 Å². The molecule has 0 bridgehead atoms. The minimum absolute atomic E-state index is 0.395. The fourth-order valence-corrected chi connectivity index (χ4v) is 3.61. The molecule has 3 N–H and O–H groups in total. The summed E-state index contributed by atoms with van der Waals surface area (Å²) in [6, 6.07) is 4.56. The molecule has 0 radical (unpaired) electrons. The van der Waals surface area contributed by atoms with Crippen LogP contribution in [0.1, 0.15) is 26.2 Å². The molecule has 2 heterocycles. The van der Waals surface area contributed by atoms with E-state index >= 15 is 0 Å². The molecule has 1 aromatic carbocycles. The van der Waals surface area contributed by atoms with E-state index in [0.717, 1.165) is 28.1 Å². The zero-order chi connectivity index (χ0) is 13.9. The molecule has 0 amide bonds. The number of nitrogen functional groups attached to an aromatic ring is 1. The highest BCUT2D eigenvalue weighted by molar-refractivity contribution is 7.16. The zero-order valence-corrected chi connectivity index (χ0v) is 12.7. The van der Waals surface area contributed by atoms with E-state index in [0.29, 0.717) is 6.04 Å². The first-order valence-electron chi connectivity index (χ1n) is 7.34. The van der Waals surface area contributed by atoms with Crippen LogP contribution in [0.3, 0.4) is 0 Å². The van der Waals surface area contributed by atoms with Crippen LogP contribution in [-0.4, -0.2) is 35.6 Å². The lowest BCUT2D eigenvalue weighted by molar-refractivity contribution is 0.223. The summed E-state index contributed by atoms with van der Waals surface area (Å²) in [5, 5.41) is 3.54. The van der Waals surface area contributed by atoms with Gasteiger partial charge in [-0.05, 0) is 45.0 Å². The number of rotatable bonds is 4. The second kappa shape index (κ2) is 5.97. The predicted molar refractivity (Wildman–Crippen MR) is 87.4 cm³/mol. The van der Waals surface area contributed by atoms with Crippen LogP contribution in [0.25, 0.3) is 10.2 Å². The van der Waals surface area contributed by atoms with E-state index in [9.17, 15) is 0 Å². The van der Waals surface area contributed by atoms with Crippen LogP contribution >= 0.6 is 11.3 Å². The van der Waals surface area contributed by atoms with Gasteiger partial charge in [0.2, 0.25) is 0 Å². The van der Waals surface area contributed by atoms with Crippen molar-refractivity contribution >= 4 is 32.9 Å². The summed E-state index contributed by atoms with van der Waals surface area (Å²) in [6.07, 6.45) is 4.05. The molecule has 5 heteroatoms. The summed E-state index contributed by atoms with van der Waals surface area (Å²) in [6.45, 7) is 5.76. The van der Waals surface area contributed by atoms with Gasteiger partial charge in [-0.25, -0.2) is 4.98 Å². The van der Waals surface area contributed by atoms with Gasteiger partial charge in [0.1, 0.15) is 5.52 Å². The molecule has 4 nitrogen and oxygen atoms in total. The number of anilines is 2. The number of likely N-dealkylation sites (tertiary alicyclic amines) is 1. The molecule has 1 aliphatic heterocycles. The first-order chi connectivity index (χ1) is 9.74. The number of nitrogens with two attached hydrogens (primary N) is 1. The van der Waals surface area contributed by atoms with Crippen LogP contribution in [0.5, 0.6) is 0 Å². The van der Waals surface area contributed by atoms with Crippen LogP contribution in [0, 0.1) is 0 Å². The average Bonchev–Trinajstić information content (AvgIpc) is 2.92. The highest BCUT2D eigenvalue weighted by Gasteiger charge is 2.14. The van der Waals surface area contributed by atoms with Gasteiger partial charge < -0.3 is 16.0 Å². The monoisotopic (exact) mass is 290 g/mol. The number of thiazole rings is 1. The normalized spacial score (nSPS) is 18.2. The molecule has 1 atom stereocenters. The number of hydrogen-bond donors (Lipinski definition) is 2. The highest BCUT2D eigenvalue weighted by Crippen LogP contribution is 2.30. The molecule has 0 aliphatic carbocycles. The summed E-state index contributed by atoms with van der Waals surface area (Å²) in [5.74, 6) is 0. The van der Waals surface area contributed by atoms with Crippen molar-refractivity contribution in [2.75, 3.05) is 30.7 Å². The largest absolute Gasteiger partial charge is 0.395 e. The topological polar surface area (TPSA) is 54.2 Å². The standard InChI is InChI=1S/C15H22N4S/c1-11(9-19-7-3-2-4-8-19)18-12-5-6-13-15(14(12)16)17-10-20-13/h5-6,10-11,18H,2-4,7-9,16H2,1H3. The predicted octanol–water partition coefficient (Wildman–Crippen LogP) is 3.16. The average molecular weight is 290 g/mol. The lowest BCUT2D eigenvalue weighted by atomic mass is 10.1. The van der Waals surface area contributed by atoms with Crippen LogP contribution in [0.15, 0.2) is 17.6 Å². The molecule has 0 spiro atoms. The number of piperidine rings is 1. The van der Waals surface area contributed by atoms with E-state index in [1.807, 2.05) is 5.51 Å². The first-order valence-corrected chi connectivity index (χ1v) is 8.22. The maximum Gasteiger partial charge on any atom is 0.106 e. The van der Waals surface area contributed by atoms with Crippen LogP contribution in [0.2, 0.25) is 0 Å². The Kier molecular flexibility index (Phi) is 4.08. The van der Waals surface area contributed by atoms with Crippen LogP contribution in [-0.2, 0) is 0 Å². The first kappa shape index (κ1) is 13.6. The van der Waals surface area contributed by atoms with E-state index in [4.69, 9.17) is 5.73 Å². The Hall–Kier alpha value is -1.33. The van der Waals surface area contributed by atoms with Gasteiger partial charge in [-0.1, -0.05) is 6.42 Å². The highest BCUT2D eigenvalue weighted by atomic mass is 32.1. The minimum Gasteiger partial charge on any atom is -0.395 e. The maximum absolute atomic E-state index is 6.21. The number of nitrogens with one attached hydrogen (secondary N) is 1. The summed E-state index contributed by atoms with van der Waals surface area (Å²) in [4.78, 5) is 6.89. The van der Waals surface area contributed by atoms with E-state index in [-0.39, 0.29) is 0 Å². The molecule has 20 heavy (non-hydrogen) atoms. The van der Waals surface area contributed by atoms with Gasteiger partial charge in [-0.2, -0.15) is 0 Å². The van der Waals surface area contributed by atoms with Crippen molar-refractivity contribution in [3.8, 4) is 0 Å². The van der Waals surface area contributed by atoms with Gasteiger partial charge in [-0.3, -0.25) is 0 Å². The fraction of sp³-hybridized carbons (Fsp3) is 0.533. The Labute approximate surface area is 124 Å². The number of hydrogen-bond acceptors (Lipinski definition) is 5. The Morgan fingerprint density at radius 1 is 1.35 bits per heavy atom. The molecule has 1 aliphatic rings. The Balaban J connectivity index is 1.67. The number of benzene rings is 1. The summed E-state index contributed by atoms with van der Waals surface area (Å²) in [7, 11) is 0. The summed E-state index contributed by atoms with van der Waals surface area (Å²) in [5.41, 5.74) is 10.8. The number of nitrogens with zero attached hydrogens (tertiary/aromatic N) is 2. The molecule has 3 rings (SSSR count). The third-order valence-corrected chi connectivity index (χ3v) is 4.72. The van der Waals surface area contributed by atoms with E-state index in [1.54, 1.807) is 11.3 Å². The molecule has 0 saturated carbocycles. The van der Waals surface area contributed by atoms with Crippen molar-refractivity contribution in [2.24, 2.45) is 0 Å². The van der Waals surface area contributed by atoms with Gasteiger partial charge in [0, 0.05) is 12.6 Å². The number of fused-ring (bicyclic) bond motifs is 1. The molecule has 2 aromatic rings. The van der Waals surface area contributed by atoms with Gasteiger partial charge >= 0.3 is 0 Å². The summed E-state index contributed by atoms with van der Waals surface area (Å²) < 4.78 is 1.15. The second-order valence-electron chi connectivity index (χ2n) is 5.63. The Bertz CT molecular complexity index is 574. The van der Waals surface area contributed by atoms with Crippen LogP contribution in [0.4, 0.5) is 11.4 Å². The van der Waals surface area contributed by atoms with Crippen molar-refractivity contribution in [3.05, 3.63) is 17.6 Å². The van der Waals surface area contributed by atoms with Gasteiger partial charge in [0.25, 0.3) is 0 Å². The molecule has 1 fully saturated rings. The molecular formula is C15H22N4S. The molecule has 1 unspecified atom stereocenters. The lowest BCUT2D eigenvalue weighted by Crippen LogP contribution is -2.38. The SMILES string of the molecule is CC(CN1CCCCC1)Nc1ccc2scnc2c1N. The third-order valence-electron chi connectivity index (χ3n) is 3.92. The van der Waals surface area contributed by atoms with Crippen molar-refractivity contribution in [3.63, 3.8) is 0 Å². The van der Waals surface area contributed by atoms with E-state index in [2.05, 4.69) is 34.3 Å². The molecule has 108 valence electrons. The van der Waals surface area contributed by atoms with E-state index < -0.39 is 0 Å².